The third-order valence-electron chi connectivity index (χ3n) is 4.11. The van der Waals surface area contributed by atoms with E-state index < -0.39 is 12.0 Å². The van der Waals surface area contributed by atoms with Crippen LogP contribution in [-0.2, 0) is 17.6 Å². The predicted octanol–water partition coefficient (Wildman–Crippen LogP) is 2.74. The average molecular weight is 277 g/mol. The Kier molecular flexibility index (Phi) is 3.10. The van der Waals surface area contributed by atoms with E-state index in [1.165, 1.54) is 29.5 Å². The van der Waals surface area contributed by atoms with Crippen molar-refractivity contribution < 1.29 is 9.90 Å². The Balaban J connectivity index is 1.86. The molecule has 3 nitrogen and oxygen atoms in total. The summed E-state index contributed by atoms with van der Waals surface area (Å²) in [6, 6.07) is 6.12. The van der Waals surface area contributed by atoms with Gasteiger partial charge in [0.05, 0.1) is 5.37 Å². The molecule has 19 heavy (non-hydrogen) atoms. The molecule has 0 aromatic heterocycles. The molecule has 1 aliphatic carbocycles. The van der Waals surface area contributed by atoms with Gasteiger partial charge in [0.25, 0.3) is 0 Å². The molecule has 1 heterocycles. The molecule has 1 saturated heterocycles. The minimum atomic E-state index is -0.763. The second kappa shape index (κ2) is 4.53. The number of benzene rings is 1. The van der Waals surface area contributed by atoms with Crippen molar-refractivity contribution in [2.24, 2.45) is 0 Å². The third-order valence-corrected chi connectivity index (χ3v) is 5.59. The maximum absolute atomic E-state index is 11.3. The van der Waals surface area contributed by atoms with Gasteiger partial charge in [0.2, 0.25) is 0 Å². The fourth-order valence-corrected chi connectivity index (χ4v) is 4.44. The molecule has 2 unspecified atom stereocenters. The molecule has 0 radical (unpaired) electrons. The van der Waals surface area contributed by atoms with E-state index in [0.29, 0.717) is 0 Å². The van der Waals surface area contributed by atoms with E-state index in [1.807, 2.05) is 13.8 Å². The first kappa shape index (κ1) is 13.0. The number of rotatable bonds is 2. The molecule has 0 saturated carbocycles. The topological polar surface area (TPSA) is 49.3 Å². The molecule has 4 heteroatoms. The fourth-order valence-electron chi connectivity index (χ4n) is 3.05. The van der Waals surface area contributed by atoms with Crippen molar-refractivity contribution in [1.29, 1.82) is 0 Å². The summed E-state index contributed by atoms with van der Waals surface area (Å²) in [5.74, 6) is -0.763. The molecule has 102 valence electrons. The zero-order chi connectivity index (χ0) is 13.6. The zero-order valence-corrected chi connectivity index (χ0v) is 12.1. The van der Waals surface area contributed by atoms with Gasteiger partial charge in [-0.25, -0.2) is 0 Å². The number of carbonyl (C=O) groups is 1. The van der Waals surface area contributed by atoms with Gasteiger partial charge in [0, 0.05) is 4.75 Å². The molecular formula is C15H19NO2S. The van der Waals surface area contributed by atoms with Gasteiger partial charge in [-0.1, -0.05) is 18.2 Å². The lowest BCUT2D eigenvalue weighted by molar-refractivity contribution is -0.139. The lowest BCUT2D eigenvalue weighted by atomic mass is 10.0. The Bertz CT molecular complexity index is 527. The number of aryl methyl sites for hydroxylation is 2. The van der Waals surface area contributed by atoms with Crippen molar-refractivity contribution in [2.45, 2.75) is 49.3 Å². The molecule has 1 fully saturated rings. The highest BCUT2D eigenvalue weighted by atomic mass is 32.2. The number of hydrogen-bond acceptors (Lipinski definition) is 3. The van der Waals surface area contributed by atoms with Crippen LogP contribution in [0.5, 0.6) is 0 Å². The summed E-state index contributed by atoms with van der Waals surface area (Å²) in [6.07, 6.45) is 3.59. The van der Waals surface area contributed by atoms with Gasteiger partial charge in [0.15, 0.2) is 0 Å². The van der Waals surface area contributed by atoms with Crippen LogP contribution in [0.25, 0.3) is 0 Å². The summed E-state index contributed by atoms with van der Waals surface area (Å²) < 4.78 is -0.282. The van der Waals surface area contributed by atoms with E-state index in [1.54, 1.807) is 11.8 Å². The molecule has 2 aliphatic rings. The van der Waals surface area contributed by atoms with E-state index in [4.69, 9.17) is 0 Å². The molecule has 2 N–H and O–H groups in total. The van der Waals surface area contributed by atoms with E-state index in [-0.39, 0.29) is 10.1 Å². The molecule has 0 amide bonds. The van der Waals surface area contributed by atoms with Crippen LogP contribution in [0.15, 0.2) is 18.2 Å². The lowest BCUT2D eigenvalue weighted by Crippen LogP contribution is -2.43. The van der Waals surface area contributed by atoms with Gasteiger partial charge < -0.3 is 5.11 Å². The quantitative estimate of drug-likeness (QED) is 0.872. The van der Waals surface area contributed by atoms with E-state index >= 15 is 0 Å². The summed E-state index contributed by atoms with van der Waals surface area (Å²) >= 11 is 1.71. The van der Waals surface area contributed by atoms with Crippen molar-refractivity contribution in [3.63, 3.8) is 0 Å². The maximum atomic E-state index is 11.3. The summed E-state index contributed by atoms with van der Waals surface area (Å²) in [5, 5.41) is 12.6. The van der Waals surface area contributed by atoms with Crippen LogP contribution in [0.1, 0.15) is 42.3 Å². The Hall–Kier alpha value is -1.00. The van der Waals surface area contributed by atoms with Gasteiger partial charge in [-0.05, 0) is 49.8 Å². The highest BCUT2D eigenvalue weighted by molar-refractivity contribution is 8.01. The van der Waals surface area contributed by atoms with E-state index in [2.05, 4.69) is 23.5 Å². The molecule has 0 spiro atoms. The standard InChI is InChI=1S/C15H19NO2S/c1-15(2)12(14(17)18)16-13(19-15)11-7-6-9-4-3-5-10(9)8-11/h6-8,12-13,16H,3-5H2,1-2H3,(H,17,18). The molecule has 3 rings (SSSR count). The SMILES string of the molecule is CC1(C)SC(c2ccc3c(c2)CCC3)NC1C(=O)O. The van der Waals surface area contributed by atoms with Crippen LogP contribution in [0, 0.1) is 0 Å². The first-order chi connectivity index (χ1) is 8.97. The van der Waals surface area contributed by atoms with Crippen LogP contribution in [0.3, 0.4) is 0 Å². The van der Waals surface area contributed by atoms with Crippen molar-refractivity contribution in [1.82, 2.24) is 5.32 Å². The number of nitrogens with one attached hydrogen (secondary N) is 1. The number of hydrogen-bond donors (Lipinski definition) is 2. The van der Waals surface area contributed by atoms with Crippen molar-refractivity contribution in [3.8, 4) is 0 Å². The molecule has 0 bridgehead atoms. The molecule has 1 aromatic carbocycles. The normalized spacial score (nSPS) is 28.3. The van der Waals surface area contributed by atoms with Crippen LogP contribution >= 0.6 is 11.8 Å². The smallest absolute Gasteiger partial charge is 0.322 e. The summed E-state index contributed by atoms with van der Waals surface area (Å²) in [5.41, 5.74) is 4.11. The monoisotopic (exact) mass is 277 g/mol. The van der Waals surface area contributed by atoms with E-state index in [9.17, 15) is 9.90 Å². The number of aliphatic carboxylic acids is 1. The largest absolute Gasteiger partial charge is 0.480 e. The summed E-state index contributed by atoms with van der Waals surface area (Å²) in [6.45, 7) is 3.99. The van der Waals surface area contributed by atoms with Crippen LogP contribution < -0.4 is 5.32 Å². The molecule has 2 atom stereocenters. The van der Waals surface area contributed by atoms with E-state index in [0.717, 1.165) is 6.42 Å². The first-order valence-electron chi connectivity index (χ1n) is 6.76. The van der Waals surface area contributed by atoms with Gasteiger partial charge in [-0.3, -0.25) is 10.1 Å². The zero-order valence-electron chi connectivity index (χ0n) is 11.3. The van der Waals surface area contributed by atoms with Gasteiger partial charge in [-0.15, -0.1) is 11.8 Å². The number of carboxylic acids is 1. The Morgan fingerprint density at radius 1 is 1.37 bits per heavy atom. The van der Waals surface area contributed by atoms with Crippen molar-refractivity contribution >= 4 is 17.7 Å². The minimum Gasteiger partial charge on any atom is -0.480 e. The second-order valence-electron chi connectivity index (χ2n) is 5.92. The van der Waals surface area contributed by atoms with Gasteiger partial charge in [0.1, 0.15) is 6.04 Å². The first-order valence-corrected chi connectivity index (χ1v) is 7.64. The van der Waals surface area contributed by atoms with Crippen molar-refractivity contribution in [3.05, 3.63) is 34.9 Å². The number of thioether (sulfide) groups is 1. The average Bonchev–Trinajstić information content (AvgIpc) is 2.91. The number of carboxylic acid groups (broad SMARTS) is 1. The van der Waals surface area contributed by atoms with Crippen molar-refractivity contribution in [2.75, 3.05) is 0 Å². The Morgan fingerprint density at radius 2 is 2.11 bits per heavy atom. The van der Waals surface area contributed by atoms with Gasteiger partial charge in [-0.2, -0.15) is 0 Å². The minimum absolute atomic E-state index is 0.0852. The predicted molar refractivity (Wildman–Crippen MR) is 77.4 cm³/mol. The summed E-state index contributed by atoms with van der Waals surface area (Å²) in [4.78, 5) is 11.3. The summed E-state index contributed by atoms with van der Waals surface area (Å²) in [7, 11) is 0. The second-order valence-corrected chi connectivity index (χ2v) is 7.68. The molecule has 1 aromatic rings. The highest BCUT2D eigenvalue weighted by Gasteiger charge is 2.45. The number of fused-ring (bicyclic) bond motifs is 1. The molecular weight excluding hydrogens is 258 g/mol. The lowest BCUT2D eigenvalue weighted by Gasteiger charge is -2.20. The third kappa shape index (κ3) is 2.28. The van der Waals surface area contributed by atoms with Crippen LogP contribution in [-0.4, -0.2) is 21.9 Å². The highest BCUT2D eigenvalue weighted by Crippen LogP contribution is 2.46. The Labute approximate surface area is 117 Å². The van der Waals surface area contributed by atoms with Crippen LogP contribution in [0.4, 0.5) is 0 Å². The van der Waals surface area contributed by atoms with Gasteiger partial charge >= 0.3 is 5.97 Å². The fraction of sp³-hybridized carbons (Fsp3) is 0.533. The maximum Gasteiger partial charge on any atom is 0.322 e. The van der Waals surface area contributed by atoms with Crippen LogP contribution in [0.2, 0.25) is 0 Å². The Morgan fingerprint density at radius 3 is 2.79 bits per heavy atom. The molecule has 1 aliphatic heterocycles.